The largest absolute Gasteiger partial charge is 0.304 e. The Morgan fingerprint density at radius 2 is 1.41 bits per heavy atom. The Balaban J connectivity index is 1.66. The molecule has 2 aromatic carbocycles. The molecule has 0 saturated heterocycles. The van der Waals surface area contributed by atoms with Crippen LogP contribution in [0.1, 0.15) is 16.7 Å². The Morgan fingerprint density at radius 1 is 0.773 bits per heavy atom. The molecule has 0 atom stereocenters. The first-order chi connectivity index (χ1) is 10.7. The molecular formula is C17H18N2O2S. The molecule has 114 valence electrons. The predicted molar refractivity (Wildman–Crippen MR) is 87.0 cm³/mol. The van der Waals surface area contributed by atoms with Crippen molar-refractivity contribution in [3.63, 3.8) is 0 Å². The van der Waals surface area contributed by atoms with Gasteiger partial charge in [0.1, 0.15) is 0 Å². The summed E-state index contributed by atoms with van der Waals surface area (Å²) in [4.78, 5) is 0. The van der Waals surface area contributed by atoms with E-state index in [1.165, 1.54) is 5.56 Å². The molecule has 2 aliphatic heterocycles. The third kappa shape index (κ3) is 2.12. The molecule has 22 heavy (non-hydrogen) atoms. The molecular weight excluding hydrogens is 296 g/mol. The minimum atomic E-state index is -3.45. The van der Waals surface area contributed by atoms with Gasteiger partial charge in [0.25, 0.3) is 0 Å². The summed E-state index contributed by atoms with van der Waals surface area (Å²) in [5, 5.41) is 0. The standard InChI is InChI=1S/C17H18N2O2S/c20-22(21,19-12-10-15-6-3-4-8-17(15)19)18-11-9-14-5-1-2-7-16(14)13-18/h1-8H,9-13H2. The maximum absolute atomic E-state index is 13.0. The number of hydrogen-bond acceptors (Lipinski definition) is 2. The summed E-state index contributed by atoms with van der Waals surface area (Å²) >= 11 is 0. The number of para-hydroxylation sites is 1. The van der Waals surface area contributed by atoms with Gasteiger partial charge >= 0.3 is 10.2 Å². The van der Waals surface area contributed by atoms with Gasteiger partial charge in [-0.15, -0.1) is 0 Å². The van der Waals surface area contributed by atoms with Crippen molar-refractivity contribution >= 4 is 15.9 Å². The average Bonchev–Trinajstić information content (AvgIpc) is 2.99. The molecule has 5 heteroatoms. The fraction of sp³-hybridized carbons (Fsp3) is 0.294. The third-order valence-corrected chi connectivity index (χ3v) is 6.45. The second kappa shape index (κ2) is 5.11. The zero-order chi connectivity index (χ0) is 15.2. The number of fused-ring (bicyclic) bond motifs is 2. The topological polar surface area (TPSA) is 40.6 Å². The monoisotopic (exact) mass is 314 g/mol. The van der Waals surface area contributed by atoms with E-state index in [0.29, 0.717) is 19.6 Å². The van der Waals surface area contributed by atoms with Crippen LogP contribution in [0.3, 0.4) is 0 Å². The molecule has 4 nitrogen and oxygen atoms in total. The summed E-state index contributed by atoms with van der Waals surface area (Å²) in [7, 11) is -3.45. The molecule has 0 saturated carbocycles. The second-order valence-corrected chi connectivity index (χ2v) is 7.66. The highest BCUT2D eigenvalue weighted by atomic mass is 32.2. The number of benzene rings is 2. The summed E-state index contributed by atoms with van der Waals surface area (Å²) in [5.74, 6) is 0. The van der Waals surface area contributed by atoms with Gasteiger partial charge in [-0.3, -0.25) is 4.31 Å². The summed E-state index contributed by atoms with van der Waals surface area (Å²) < 4.78 is 29.2. The molecule has 0 unspecified atom stereocenters. The van der Waals surface area contributed by atoms with Crippen LogP contribution < -0.4 is 4.31 Å². The number of nitrogens with zero attached hydrogens (tertiary/aromatic N) is 2. The first-order valence-corrected chi connectivity index (χ1v) is 8.98. The van der Waals surface area contributed by atoms with E-state index < -0.39 is 10.2 Å². The quantitative estimate of drug-likeness (QED) is 0.854. The highest BCUT2D eigenvalue weighted by Crippen LogP contribution is 2.32. The van der Waals surface area contributed by atoms with Gasteiger partial charge in [-0.25, -0.2) is 0 Å². The Morgan fingerprint density at radius 3 is 2.23 bits per heavy atom. The van der Waals surface area contributed by atoms with Gasteiger partial charge in [0.15, 0.2) is 0 Å². The van der Waals surface area contributed by atoms with E-state index in [0.717, 1.165) is 29.7 Å². The van der Waals surface area contributed by atoms with Crippen molar-refractivity contribution in [2.45, 2.75) is 19.4 Å². The maximum atomic E-state index is 13.0. The van der Waals surface area contributed by atoms with Crippen LogP contribution in [-0.2, 0) is 29.6 Å². The molecule has 0 aliphatic carbocycles. The average molecular weight is 314 g/mol. The van der Waals surface area contributed by atoms with E-state index in [4.69, 9.17) is 0 Å². The summed E-state index contributed by atoms with van der Waals surface area (Å²) in [6.45, 7) is 1.56. The van der Waals surface area contributed by atoms with Crippen molar-refractivity contribution in [2.75, 3.05) is 17.4 Å². The van der Waals surface area contributed by atoms with Crippen LogP contribution in [0.4, 0.5) is 5.69 Å². The van der Waals surface area contributed by atoms with E-state index in [1.807, 2.05) is 42.5 Å². The Hall–Kier alpha value is -1.85. The highest BCUT2D eigenvalue weighted by Gasteiger charge is 2.35. The van der Waals surface area contributed by atoms with E-state index in [9.17, 15) is 8.42 Å². The fourth-order valence-electron chi connectivity index (χ4n) is 3.35. The van der Waals surface area contributed by atoms with E-state index in [2.05, 4.69) is 6.07 Å². The summed E-state index contributed by atoms with van der Waals surface area (Å²) in [6.07, 6.45) is 1.57. The molecule has 0 amide bonds. The highest BCUT2D eigenvalue weighted by molar-refractivity contribution is 7.90. The van der Waals surface area contributed by atoms with Gasteiger partial charge < -0.3 is 0 Å². The molecule has 0 bridgehead atoms. The van der Waals surface area contributed by atoms with Gasteiger partial charge in [-0.2, -0.15) is 12.7 Å². The second-order valence-electron chi connectivity index (χ2n) is 5.81. The van der Waals surface area contributed by atoms with Crippen molar-refractivity contribution in [3.8, 4) is 0 Å². The van der Waals surface area contributed by atoms with Crippen LogP contribution >= 0.6 is 0 Å². The smallest absolute Gasteiger partial charge is 0.257 e. The Bertz CT molecular complexity index is 817. The van der Waals surface area contributed by atoms with E-state index >= 15 is 0 Å². The molecule has 0 aromatic heterocycles. The molecule has 4 rings (SSSR count). The lowest BCUT2D eigenvalue weighted by Crippen LogP contribution is -2.45. The van der Waals surface area contributed by atoms with Crippen molar-refractivity contribution < 1.29 is 8.42 Å². The van der Waals surface area contributed by atoms with Crippen molar-refractivity contribution in [1.29, 1.82) is 0 Å². The fourth-order valence-corrected chi connectivity index (χ4v) is 5.01. The number of hydrogen-bond donors (Lipinski definition) is 0. The van der Waals surface area contributed by atoms with Gasteiger partial charge in [0, 0.05) is 19.6 Å². The SMILES string of the molecule is O=S(=O)(N1CCc2ccccc2C1)N1CCc2ccccc21. The summed E-state index contributed by atoms with van der Waals surface area (Å²) in [6, 6.07) is 15.9. The van der Waals surface area contributed by atoms with Gasteiger partial charge in [0.2, 0.25) is 0 Å². The lowest BCUT2D eigenvalue weighted by atomic mass is 10.0. The Labute approximate surface area is 131 Å². The van der Waals surface area contributed by atoms with Crippen molar-refractivity contribution in [3.05, 3.63) is 65.2 Å². The van der Waals surface area contributed by atoms with Crippen LogP contribution in [0.15, 0.2) is 48.5 Å². The van der Waals surface area contributed by atoms with Crippen LogP contribution in [0.25, 0.3) is 0 Å². The molecule has 2 aromatic rings. The zero-order valence-corrected chi connectivity index (χ0v) is 13.1. The van der Waals surface area contributed by atoms with Gasteiger partial charge in [-0.1, -0.05) is 42.5 Å². The molecule has 2 aliphatic rings. The van der Waals surface area contributed by atoms with Crippen LogP contribution in [0.5, 0.6) is 0 Å². The normalized spacial score (nSPS) is 18.1. The minimum absolute atomic E-state index is 0.469. The lowest BCUT2D eigenvalue weighted by Gasteiger charge is -2.32. The summed E-state index contributed by atoms with van der Waals surface area (Å²) in [5.41, 5.74) is 4.32. The first-order valence-electron chi connectivity index (χ1n) is 7.59. The molecule has 0 fully saturated rings. The molecule has 0 spiro atoms. The van der Waals surface area contributed by atoms with Crippen LogP contribution in [-0.4, -0.2) is 25.8 Å². The molecule has 0 N–H and O–H groups in total. The van der Waals surface area contributed by atoms with Crippen LogP contribution in [0, 0.1) is 0 Å². The zero-order valence-electron chi connectivity index (χ0n) is 12.3. The van der Waals surface area contributed by atoms with Crippen molar-refractivity contribution in [1.82, 2.24) is 4.31 Å². The Kier molecular flexibility index (Phi) is 3.20. The first kappa shape index (κ1) is 13.8. The van der Waals surface area contributed by atoms with Crippen molar-refractivity contribution in [2.24, 2.45) is 0 Å². The minimum Gasteiger partial charge on any atom is -0.257 e. The third-order valence-electron chi connectivity index (χ3n) is 4.54. The van der Waals surface area contributed by atoms with E-state index in [-0.39, 0.29) is 0 Å². The van der Waals surface area contributed by atoms with E-state index in [1.54, 1.807) is 8.61 Å². The lowest BCUT2D eigenvalue weighted by molar-refractivity contribution is 0.389. The maximum Gasteiger partial charge on any atom is 0.304 e. The van der Waals surface area contributed by atoms with Gasteiger partial charge in [-0.05, 0) is 35.6 Å². The number of anilines is 1. The predicted octanol–water partition coefficient (Wildman–Crippen LogP) is 2.35. The number of rotatable bonds is 2. The molecule has 2 heterocycles. The van der Waals surface area contributed by atoms with Crippen LogP contribution in [0.2, 0.25) is 0 Å². The van der Waals surface area contributed by atoms with Gasteiger partial charge in [0.05, 0.1) is 5.69 Å². The molecule has 0 radical (unpaired) electrons.